The zero-order valence-corrected chi connectivity index (χ0v) is 23.4. The molecule has 3 aliphatic heterocycles. The van der Waals surface area contributed by atoms with Crippen LogP contribution in [-0.4, -0.2) is 73.4 Å². The highest BCUT2D eigenvalue weighted by Crippen LogP contribution is 2.39. The number of carbonyl (C=O) groups excluding carboxylic acids is 3. The maximum Gasteiger partial charge on any atom is 0.321 e. The molecule has 3 heterocycles. The highest BCUT2D eigenvalue weighted by atomic mass is 16.7. The number of amides is 4. The number of urea groups is 1. The van der Waals surface area contributed by atoms with E-state index in [0.717, 1.165) is 11.3 Å². The maximum atomic E-state index is 14.0. The Bertz CT molecular complexity index is 1470. The van der Waals surface area contributed by atoms with Crippen LogP contribution in [0.25, 0.3) is 0 Å². The molecule has 42 heavy (non-hydrogen) atoms. The van der Waals surface area contributed by atoms with Gasteiger partial charge in [-0.25, -0.2) is 4.79 Å². The van der Waals surface area contributed by atoms with E-state index < -0.39 is 5.54 Å². The van der Waals surface area contributed by atoms with Gasteiger partial charge < -0.3 is 39.5 Å². The molecule has 0 atom stereocenters. The monoisotopic (exact) mass is 571 g/mol. The summed E-state index contributed by atoms with van der Waals surface area (Å²) in [6.07, 6.45) is 0.892. The van der Waals surface area contributed by atoms with Crippen molar-refractivity contribution in [2.75, 3.05) is 50.4 Å². The van der Waals surface area contributed by atoms with Gasteiger partial charge in [0.25, 0.3) is 5.91 Å². The number of piperidine rings is 1. The molecule has 0 saturated carbocycles. The van der Waals surface area contributed by atoms with Crippen LogP contribution in [0.15, 0.2) is 72.8 Å². The minimum atomic E-state index is -0.842. The quantitative estimate of drug-likeness (QED) is 0.447. The van der Waals surface area contributed by atoms with Crippen molar-refractivity contribution in [1.82, 2.24) is 15.1 Å². The molecule has 0 aliphatic carbocycles. The lowest BCUT2D eigenvalue weighted by atomic mass is 9.85. The number of nitrogens with zero attached hydrogens (tertiary/aromatic N) is 3. The summed E-state index contributed by atoms with van der Waals surface area (Å²) in [6, 6.07) is 22.2. The second-order valence-electron chi connectivity index (χ2n) is 10.6. The van der Waals surface area contributed by atoms with E-state index in [-0.39, 0.29) is 37.9 Å². The van der Waals surface area contributed by atoms with Gasteiger partial charge in [0, 0.05) is 37.1 Å². The van der Waals surface area contributed by atoms with E-state index in [1.807, 2.05) is 60.7 Å². The molecule has 11 heteroatoms. The van der Waals surface area contributed by atoms with Crippen LogP contribution >= 0.6 is 0 Å². The molecule has 2 N–H and O–H groups in total. The summed E-state index contributed by atoms with van der Waals surface area (Å²) < 4.78 is 16.0. The van der Waals surface area contributed by atoms with Crippen LogP contribution in [0.3, 0.4) is 0 Å². The van der Waals surface area contributed by atoms with Crippen LogP contribution < -0.4 is 29.7 Å². The first-order chi connectivity index (χ1) is 20.4. The zero-order valence-electron chi connectivity index (χ0n) is 23.4. The number of methoxy groups -OCH3 is 1. The lowest BCUT2D eigenvalue weighted by molar-refractivity contribution is -0.137. The molecule has 0 aromatic heterocycles. The van der Waals surface area contributed by atoms with Crippen molar-refractivity contribution >= 4 is 29.2 Å². The van der Waals surface area contributed by atoms with Crippen LogP contribution in [0.1, 0.15) is 18.4 Å². The van der Waals surface area contributed by atoms with Gasteiger partial charge in [0.15, 0.2) is 11.5 Å². The van der Waals surface area contributed by atoms with Crippen molar-refractivity contribution < 1.29 is 28.6 Å². The first kappa shape index (κ1) is 27.3. The van der Waals surface area contributed by atoms with Crippen molar-refractivity contribution in [3.8, 4) is 17.2 Å². The summed E-state index contributed by atoms with van der Waals surface area (Å²) in [4.78, 5) is 45.4. The number of para-hydroxylation sites is 1. The number of anilines is 2. The Hall–Kier alpha value is -4.93. The number of hydrogen-bond donors (Lipinski definition) is 2. The molecule has 1 spiro atoms. The predicted octanol–water partition coefficient (Wildman–Crippen LogP) is 3.41. The number of carbonyl (C=O) groups is 3. The lowest BCUT2D eigenvalue weighted by Crippen LogP contribution is -2.58. The number of rotatable bonds is 7. The minimum absolute atomic E-state index is 0.0610. The van der Waals surface area contributed by atoms with Gasteiger partial charge in [-0.1, -0.05) is 30.3 Å². The van der Waals surface area contributed by atoms with E-state index >= 15 is 0 Å². The van der Waals surface area contributed by atoms with Crippen molar-refractivity contribution in [3.63, 3.8) is 0 Å². The lowest BCUT2D eigenvalue weighted by Gasteiger charge is -2.43. The molecular formula is C31H33N5O6. The molecule has 0 radical (unpaired) electrons. The van der Waals surface area contributed by atoms with Gasteiger partial charge in [-0.05, 0) is 54.8 Å². The fraction of sp³-hybridized carbons (Fsp3) is 0.323. The Morgan fingerprint density at radius 1 is 0.952 bits per heavy atom. The van der Waals surface area contributed by atoms with Gasteiger partial charge in [0.2, 0.25) is 12.7 Å². The molecular weight excluding hydrogens is 538 g/mol. The van der Waals surface area contributed by atoms with E-state index in [4.69, 9.17) is 14.2 Å². The molecule has 11 nitrogen and oxygen atoms in total. The Kier molecular flexibility index (Phi) is 7.47. The minimum Gasteiger partial charge on any atom is -0.497 e. The van der Waals surface area contributed by atoms with Gasteiger partial charge in [-0.2, -0.15) is 0 Å². The first-order valence-corrected chi connectivity index (χ1v) is 13.9. The molecule has 2 saturated heterocycles. The number of hydrogen-bond acceptors (Lipinski definition) is 7. The third kappa shape index (κ3) is 5.37. The molecule has 2 fully saturated rings. The number of benzene rings is 3. The normalized spacial score (nSPS) is 17.0. The fourth-order valence-corrected chi connectivity index (χ4v) is 5.79. The SMILES string of the molecule is COc1cccc(NC(=O)N2CCC3(CC2)C(=O)N(CC(=O)NCc2ccc4c(c2)OCO4)CN3c2ccccc2)c1. The summed E-state index contributed by atoms with van der Waals surface area (Å²) in [7, 11) is 1.58. The topological polar surface area (TPSA) is 113 Å². The second kappa shape index (κ2) is 11.5. The number of ether oxygens (including phenoxy) is 3. The van der Waals surface area contributed by atoms with Gasteiger partial charge >= 0.3 is 6.03 Å². The molecule has 3 aromatic rings. The smallest absolute Gasteiger partial charge is 0.321 e. The maximum absolute atomic E-state index is 14.0. The average molecular weight is 572 g/mol. The van der Waals surface area contributed by atoms with Crippen LogP contribution in [0.4, 0.5) is 16.2 Å². The van der Waals surface area contributed by atoms with Crippen LogP contribution in [-0.2, 0) is 16.1 Å². The Morgan fingerprint density at radius 2 is 1.74 bits per heavy atom. The van der Waals surface area contributed by atoms with E-state index in [1.54, 1.807) is 29.0 Å². The molecule has 6 rings (SSSR count). The van der Waals surface area contributed by atoms with Crippen LogP contribution in [0.5, 0.6) is 17.2 Å². The highest BCUT2D eigenvalue weighted by Gasteiger charge is 2.54. The van der Waals surface area contributed by atoms with Crippen LogP contribution in [0.2, 0.25) is 0 Å². The summed E-state index contributed by atoms with van der Waals surface area (Å²) >= 11 is 0. The van der Waals surface area contributed by atoms with E-state index in [9.17, 15) is 14.4 Å². The third-order valence-corrected chi connectivity index (χ3v) is 8.04. The highest BCUT2D eigenvalue weighted by molar-refractivity contribution is 5.97. The van der Waals surface area contributed by atoms with E-state index in [1.165, 1.54) is 0 Å². The fourth-order valence-electron chi connectivity index (χ4n) is 5.79. The van der Waals surface area contributed by atoms with E-state index in [0.29, 0.717) is 55.4 Å². The van der Waals surface area contributed by atoms with Crippen molar-refractivity contribution in [2.45, 2.75) is 24.9 Å². The predicted molar refractivity (Wildman–Crippen MR) is 155 cm³/mol. The molecule has 0 unspecified atom stereocenters. The Balaban J connectivity index is 1.12. The largest absolute Gasteiger partial charge is 0.497 e. The zero-order chi connectivity index (χ0) is 29.1. The molecule has 0 bridgehead atoms. The third-order valence-electron chi connectivity index (χ3n) is 8.04. The first-order valence-electron chi connectivity index (χ1n) is 13.9. The Labute approximate surface area is 243 Å². The molecule has 3 aromatic carbocycles. The van der Waals surface area contributed by atoms with Gasteiger partial charge in [-0.3, -0.25) is 9.59 Å². The molecule has 3 aliphatic rings. The summed E-state index contributed by atoms with van der Waals surface area (Å²) in [5, 5.41) is 5.84. The molecule has 218 valence electrons. The summed E-state index contributed by atoms with van der Waals surface area (Å²) in [5.41, 5.74) is 1.58. The van der Waals surface area contributed by atoms with Crippen LogP contribution in [0, 0.1) is 0 Å². The molecule has 4 amide bonds. The average Bonchev–Trinajstić information content (AvgIpc) is 3.59. The summed E-state index contributed by atoms with van der Waals surface area (Å²) in [5.74, 6) is 1.64. The van der Waals surface area contributed by atoms with E-state index in [2.05, 4.69) is 15.5 Å². The number of nitrogens with one attached hydrogen (secondary N) is 2. The summed E-state index contributed by atoms with van der Waals surface area (Å²) in [6.45, 7) is 1.52. The second-order valence-corrected chi connectivity index (χ2v) is 10.6. The van der Waals surface area contributed by atoms with Gasteiger partial charge in [0.05, 0.1) is 13.8 Å². The number of likely N-dealkylation sites (tertiary alicyclic amines) is 1. The standard InChI is InChI=1S/C31H33N5O6/c1-40-25-9-5-6-23(17-25)33-30(39)34-14-12-31(13-15-34)29(38)35(20-36(31)24-7-3-2-4-8-24)19-28(37)32-18-22-10-11-26-27(16-22)42-21-41-26/h2-11,16-17H,12-15,18-21H2,1H3,(H,32,37)(H,33,39). The van der Waals surface area contributed by atoms with Crippen molar-refractivity contribution in [3.05, 3.63) is 78.4 Å². The Morgan fingerprint density at radius 3 is 2.52 bits per heavy atom. The van der Waals surface area contributed by atoms with Crippen molar-refractivity contribution in [1.29, 1.82) is 0 Å². The number of fused-ring (bicyclic) bond motifs is 1. The van der Waals surface area contributed by atoms with Gasteiger partial charge in [0.1, 0.15) is 17.8 Å². The van der Waals surface area contributed by atoms with Gasteiger partial charge in [-0.15, -0.1) is 0 Å². The van der Waals surface area contributed by atoms with Crippen molar-refractivity contribution in [2.24, 2.45) is 0 Å².